The van der Waals surface area contributed by atoms with Gasteiger partial charge in [-0.1, -0.05) is 57.5 Å². The van der Waals surface area contributed by atoms with Gasteiger partial charge >= 0.3 is 5.97 Å². The average Bonchev–Trinajstić information content (AvgIpc) is 2.93. The molecule has 0 radical (unpaired) electrons. The minimum atomic E-state index is -0.465. The lowest BCUT2D eigenvalue weighted by Crippen LogP contribution is -2.43. The topological polar surface area (TPSA) is 47.6 Å². The fourth-order valence-electron chi connectivity index (χ4n) is 4.11. The van der Waals surface area contributed by atoms with E-state index in [9.17, 15) is 4.79 Å². The van der Waals surface area contributed by atoms with Gasteiger partial charge in [0.1, 0.15) is 0 Å². The Hall–Kier alpha value is -1.39. The summed E-state index contributed by atoms with van der Waals surface area (Å²) in [5, 5.41) is 3.45. The van der Waals surface area contributed by atoms with Gasteiger partial charge < -0.3 is 14.8 Å². The van der Waals surface area contributed by atoms with Gasteiger partial charge in [-0.05, 0) is 36.2 Å². The van der Waals surface area contributed by atoms with Gasteiger partial charge in [0.15, 0.2) is 0 Å². The molecule has 1 aliphatic carbocycles. The van der Waals surface area contributed by atoms with Crippen LogP contribution in [-0.2, 0) is 20.8 Å². The van der Waals surface area contributed by atoms with Gasteiger partial charge in [0.2, 0.25) is 6.29 Å². The second-order valence-corrected chi connectivity index (χ2v) is 8.04. The number of hydrogen-bond acceptors (Lipinski definition) is 4. The zero-order valence-corrected chi connectivity index (χ0v) is 15.6. The summed E-state index contributed by atoms with van der Waals surface area (Å²) in [5.74, 6) is 1.64. The fraction of sp³-hybridized carbons (Fsp3) is 0.667. The molecule has 1 saturated carbocycles. The largest absolute Gasteiger partial charge is 0.434 e. The molecule has 4 heteroatoms. The number of carbonyl (C=O) groups is 1. The quantitative estimate of drug-likeness (QED) is 0.795. The fourth-order valence-corrected chi connectivity index (χ4v) is 4.11. The van der Waals surface area contributed by atoms with Gasteiger partial charge in [-0.25, -0.2) is 0 Å². The number of ether oxygens (including phenoxy) is 2. The van der Waals surface area contributed by atoms with Crippen molar-refractivity contribution in [3.05, 3.63) is 35.9 Å². The molecule has 5 atom stereocenters. The number of esters is 1. The van der Waals surface area contributed by atoms with E-state index in [0.29, 0.717) is 24.2 Å². The van der Waals surface area contributed by atoms with E-state index in [1.807, 2.05) is 18.2 Å². The van der Waals surface area contributed by atoms with Crippen LogP contribution in [0.5, 0.6) is 0 Å². The van der Waals surface area contributed by atoms with Crippen LogP contribution >= 0.6 is 0 Å². The zero-order valence-electron chi connectivity index (χ0n) is 15.6. The molecule has 0 unspecified atom stereocenters. The van der Waals surface area contributed by atoms with Crippen LogP contribution in [0.1, 0.15) is 52.0 Å². The molecule has 2 aliphatic rings. The van der Waals surface area contributed by atoms with Gasteiger partial charge in [-0.15, -0.1) is 0 Å². The summed E-state index contributed by atoms with van der Waals surface area (Å²) < 4.78 is 11.9. The van der Waals surface area contributed by atoms with Crippen molar-refractivity contribution < 1.29 is 14.3 Å². The van der Waals surface area contributed by atoms with Crippen molar-refractivity contribution in [2.75, 3.05) is 0 Å². The molecule has 1 saturated heterocycles. The molecule has 1 N–H and O–H groups in total. The Bertz CT molecular complexity index is 560. The molecule has 1 aromatic rings. The SMILES string of the molecule is CC(C)[C@@H]1CC[C@@H](C)C[C@H]1O[C@@H]1OC(=O)C[C@H]1NCc1ccccc1. The molecule has 0 amide bonds. The zero-order chi connectivity index (χ0) is 17.8. The molecule has 138 valence electrons. The van der Waals surface area contributed by atoms with Crippen LogP contribution in [-0.4, -0.2) is 24.4 Å². The van der Waals surface area contributed by atoms with Crippen molar-refractivity contribution in [2.45, 2.75) is 71.4 Å². The Balaban J connectivity index is 1.61. The van der Waals surface area contributed by atoms with E-state index < -0.39 is 6.29 Å². The van der Waals surface area contributed by atoms with Crippen molar-refractivity contribution in [3.8, 4) is 0 Å². The van der Waals surface area contributed by atoms with Crippen LogP contribution in [0.3, 0.4) is 0 Å². The van der Waals surface area contributed by atoms with E-state index >= 15 is 0 Å². The number of nitrogens with one attached hydrogen (secondary N) is 1. The lowest BCUT2D eigenvalue weighted by molar-refractivity contribution is -0.191. The summed E-state index contributed by atoms with van der Waals surface area (Å²) in [7, 11) is 0. The third-order valence-electron chi connectivity index (χ3n) is 5.64. The molecule has 0 bridgehead atoms. The standard InChI is InChI=1S/C21H31NO3/c1-14(2)17-10-9-15(3)11-19(17)24-21-18(12-20(23)25-21)22-13-16-7-5-4-6-8-16/h4-8,14-15,17-19,21-22H,9-13H2,1-3H3/t15-,17+,18-,19-,21-/m1/s1. The number of carbonyl (C=O) groups excluding carboxylic acids is 1. The van der Waals surface area contributed by atoms with E-state index in [4.69, 9.17) is 9.47 Å². The Morgan fingerprint density at radius 2 is 2.00 bits per heavy atom. The van der Waals surface area contributed by atoms with E-state index in [2.05, 4.69) is 38.2 Å². The van der Waals surface area contributed by atoms with Crippen molar-refractivity contribution in [1.29, 1.82) is 0 Å². The molecule has 4 nitrogen and oxygen atoms in total. The summed E-state index contributed by atoms with van der Waals surface area (Å²) in [6.45, 7) is 7.54. The molecule has 1 heterocycles. The molecule has 1 aromatic carbocycles. The normalized spacial score (nSPS) is 32.8. The minimum Gasteiger partial charge on any atom is -0.434 e. The monoisotopic (exact) mass is 345 g/mol. The van der Waals surface area contributed by atoms with Crippen molar-refractivity contribution in [2.24, 2.45) is 17.8 Å². The number of hydrogen-bond donors (Lipinski definition) is 1. The minimum absolute atomic E-state index is 0.0715. The number of rotatable bonds is 6. The molecule has 0 spiro atoms. The van der Waals surface area contributed by atoms with Crippen LogP contribution < -0.4 is 5.32 Å². The van der Waals surface area contributed by atoms with Gasteiger partial charge in [0, 0.05) is 6.54 Å². The van der Waals surface area contributed by atoms with Crippen LogP contribution in [0.4, 0.5) is 0 Å². The first kappa shape index (κ1) is 18.4. The smallest absolute Gasteiger partial charge is 0.309 e. The first-order chi connectivity index (χ1) is 12.0. The van der Waals surface area contributed by atoms with Gasteiger partial charge in [-0.2, -0.15) is 0 Å². The average molecular weight is 345 g/mol. The Labute approximate surface area is 151 Å². The second-order valence-electron chi connectivity index (χ2n) is 8.04. The number of cyclic esters (lactones) is 1. The van der Waals surface area contributed by atoms with E-state index in [1.54, 1.807) is 0 Å². The van der Waals surface area contributed by atoms with Crippen molar-refractivity contribution in [3.63, 3.8) is 0 Å². The van der Waals surface area contributed by atoms with Gasteiger partial charge in [-0.3, -0.25) is 4.79 Å². The number of benzene rings is 1. The first-order valence-corrected chi connectivity index (χ1v) is 9.65. The van der Waals surface area contributed by atoms with Crippen LogP contribution in [0.25, 0.3) is 0 Å². The Morgan fingerprint density at radius 3 is 2.72 bits per heavy atom. The van der Waals surface area contributed by atoms with Crippen LogP contribution in [0, 0.1) is 17.8 Å². The molecule has 3 rings (SSSR count). The maximum Gasteiger partial charge on any atom is 0.309 e. The summed E-state index contributed by atoms with van der Waals surface area (Å²) in [4.78, 5) is 11.9. The third-order valence-corrected chi connectivity index (χ3v) is 5.64. The highest BCUT2D eigenvalue weighted by Crippen LogP contribution is 2.37. The molecular formula is C21H31NO3. The maximum absolute atomic E-state index is 11.9. The summed E-state index contributed by atoms with van der Waals surface area (Å²) in [6.07, 6.45) is 3.62. The van der Waals surface area contributed by atoms with E-state index in [1.165, 1.54) is 18.4 Å². The molecule has 25 heavy (non-hydrogen) atoms. The van der Waals surface area contributed by atoms with Crippen LogP contribution in [0.15, 0.2) is 30.3 Å². The first-order valence-electron chi connectivity index (χ1n) is 9.65. The molecule has 1 aliphatic heterocycles. The predicted octanol–water partition coefficient (Wildman–Crippen LogP) is 3.90. The summed E-state index contributed by atoms with van der Waals surface area (Å²) in [5.41, 5.74) is 1.20. The van der Waals surface area contributed by atoms with Crippen molar-refractivity contribution >= 4 is 5.97 Å². The lowest BCUT2D eigenvalue weighted by Gasteiger charge is -2.38. The Kier molecular flexibility index (Phi) is 6.13. The Morgan fingerprint density at radius 1 is 1.24 bits per heavy atom. The predicted molar refractivity (Wildman–Crippen MR) is 97.8 cm³/mol. The molecule has 2 fully saturated rings. The van der Waals surface area contributed by atoms with E-state index in [0.717, 1.165) is 13.0 Å². The van der Waals surface area contributed by atoms with Gasteiger partial charge in [0.05, 0.1) is 18.6 Å². The summed E-state index contributed by atoms with van der Waals surface area (Å²) in [6, 6.07) is 10.2. The highest BCUT2D eigenvalue weighted by molar-refractivity contribution is 5.72. The third kappa shape index (κ3) is 4.83. The molecular weight excluding hydrogens is 314 g/mol. The highest BCUT2D eigenvalue weighted by atomic mass is 16.7. The lowest BCUT2D eigenvalue weighted by atomic mass is 9.75. The highest BCUT2D eigenvalue weighted by Gasteiger charge is 2.40. The molecule has 0 aromatic heterocycles. The van der Waals surface area contributed by atoms with Gasteiger partial charge in [0.25, 0.3) is 0 Å². The van der Waals surface area contributed by atoms with Crippen molar-refractivity contribution in [1.82, 2.24) is 5.32 Å². The van der Waals surface area contributed by atoms with Crippen LogP contribution in [0.2, 0.25) is 0 Å². The maximum atomic E-state index is 11.9. The second kappa shape index (κ2) is 8.33. The summed E-state index contributed by atoms with van der Waals surface area (Å²) >= 11 is 0. The van der Waals surface area contributed by atoms with E-state index in [-0.39, 0.29) is 18.1 Å².